The van der Waals surface area contributed by atoms with Gasteiger partial charge in [0.05, 0.1) is 0 Å². The zero-order valence-electron chi connectivity index (χ0n) is 13.0. The van der Waals surface area contributed by atoms with E-state index in [4.69, 9.17) is 4.74 Å². The van der Waals surface area contributed by atoms with E-state index in [-0.39, 0.29) is 12.5 Å². The van der Waals surface area contributed by atoms with Crippen molar-refractivity contribution < 1.29 is 19.1 Å². The van der Waals surface area contributed by atoms with Gasteiger partial charge < -0.3 is 10.1 Å². The van der Waals surface area contributed by atoms with Crippen molar-refractivity contribution in [2.75, 3.05) is 6.54 Å². The minimum atomic E-state index is -0.796. The van der Waals surface area contributed by atoms with Crippen molar-refractivity contribution in [3.05, 3.63) is 0 Å². The van der Waals surface area contributed by atoms with Gasteiger partial charge in [-0.2, -0.15) is 0 Å². The van der Waals surface area contributed by atoms with E-state index in [1.54, 1.807) is 20.8 Å². The van der Waals surface area contributed by atoms with Crippen LogP contribution in [0, 0.1) is 0 Å². The highest BCUT2D eigenvalue weighted by Gasteiger charge is 2.51. The SMILES string of the molecule is CC(C)(C)OC(=O)CN1C(=O)NC2(CCCCCC2)C1=O. The molecule has 0 aromatic heterocycles. The molecular weight excluding hydrogens is 272 g/mol. The number of imide groups is 1. The van der Waals surface area contributed by atoms with Crippen LogP contribution in [0.5, 0.6) is 0 Å². The van der Waals surface area contributed by atoms with Crippen LogP contribution in [0.15, 0.2) is 0 Å². The molecule has 3 amide bonds. The van der Waals surface area contributed by atoms with Gasteiger partial charge in [-0.25, -0.2) is 4.79 Å². The summed E-state index contributed by atoms with van der Waals surface area (Å²) in [6.07, 6.45) is 5.32. The zero-order chi connectivity index (χ0) is 15.7. The lowest BCUT2D eigenvalue weighted by Gasteiger charge is -2.25. The molecule has 0 unspecified atom stereocenters. The summed E-state index contributed by atoms with van der Waals surface area (Å²) in [6, 6.07) is -0.479. The van der Waals surface area contributed by atoms with Gasteiger partial charge in [0, 0.05) is 0 Å². The molecule has 1 aliphatic carbocycles. The summed E-state index contributed by atoms with van der Waals surface area (Å²) in [5.41, 5.74) is -1.42. The number of rotatable bonds is 2. The molecule has 0 aromatic rings. The number of hydrogen-bond acceptors (Lipinski definition) is 4. The Kier molecular flexibility index (Phi) is 4.25. The molecule has 0 radical (unpaired) electrons. The number of carbonyl (C=O) groups excluding carboxylic acids is 3. The fourth-order valence-electron chi connectivity index (χ4n) is 2.99. The zero-order valence-corrected chi connectivity index (χ0v) is 13.0. The van der Waals surface area contributed by atoms with E-state index >= 15 is 0 Å². The van der Waals surface area contributed by atoms with Crippen LogP contribution in [0.4, 0.5) is 4.79 Å². The summed E-state index contributed by atoms with van der Waals surface area (Å²) in [7, 11) is 0. The number of nitrogens with one attached hydrogen (secondary N) is 1. The lowest BCUT2D eigenvalue weighted by Crippen LogP contribution is -2.47. The molecule has 2 rings (SSSR count). The Bertz CT molecular complexity index is 445. The molecule has 21 heavy (non-hydrogen) atoms. The minimum Gasteiger partial charge on any atom is -0.459 e. The van der Waals surface area contributed by atoms with E-state index in [0.29, 0.717) is 12.8 Å². The van der Waals surface area contributed by atoms with Crippen molar-refractivity contribution in [2.24, 2.45) is 0 Å². The molecule has 2 fully saturated rings. The number of carbonyl (C=O) groups is 3. The third-order valence-electron chi connectivity index (χ3n) is 3.91. The third kappa shape index (κ3) is 3.54. The van der Waals surface area contributed by atoms with E-state index in [2.05, 4.69) is 5.32 Å². The maximum absolute atomic E-state index is 12.6. The average Bonchev–Trinajstić information content (AvgIpc) is 2.55. The van der Waals surface area contributed by atoms with Gasteiger partial charge >= 0.3 is 12.0 Å². The Morgan fingerprint density at radius 1 is 1.19 bits per heavy atom. The first-order chi connectivity index (χ1) is 9.73. The topological polar surface area (TPSA) is 75.7 Å². The molecule has 1 heterocycles. The molecule has 6 heteroatoms. The van der Waals surface area contributed by atoms with E-state index in [1.165, 1.54) is 0 Å². The first kappa shape index (κ1) is 15.8. The summed E-state index contributed by atoms with van der Waals surface area (Å²) in [5, 5.41) is 2.81. The Morgan fingerprint density at radius 3 is 2.29 bits per heavy atom. The normalized spacial score (nSPS) is 22.1. The van der Waals surface area contributed by atoms with E-state index < -0.39 is 23.1 Å². The smallest absolute Gasteiger partial charge is 0.326 e. The maximum Gasteiger partial charge on any atom is 0.326 e. The second kappa shape index (κ2) is 5.66. The largest absolute Gasteiger partial charge is 0.459 e. The van der Waals surface area contributed by atoms with Gasteiger partial charge in [-0.05, 0) is 33.6 Å². The van der Waals surface area contributed by atoms with Crippen molar-refractivity contribution in [1.82, 2.24) is 10.2 Å². The van der Waals surface area contributed by atoms with Crippen LogP contribution in [0.2, 0.25) is 0 Å². The van der Waals surface area contributed by atoms with Gasteiger partial charge in [-0.3, -0.25) is 14.5 Å². The standard InChI is InChI=1S/C15H24N2O4/c1-14(2,3)21-11(18)10-17-12(19)15(16-13(17)20)8-6-4-5-7-9-15/h4-10H2,1-3H3,(H,16,20). The molecule has 1 saturated carbocycles. The number of amides is 3. The van der Waals surface area contributed by atoms with Crippen LogP contribution in [0.1, 0.15) is 59.3 Å². The van der Waals surface area contributed by atoms with E-state index in [0.717, 1.165) is 30.6 Å². The molecule has 1 N–H and O–H groups in total. The quantitative estimate of drug-likeness (QED) is 0.624. The van der Waals surface area contributed by atoms with Crippen LogP contribution in [0.25, 0.3) is 0 Å². The van der Waals surface area contributed by atoms with Gasteiger partial charge in [-0.15, -0.1) is 0 Å². The molecule has 1 saturated heterocycles. The summed E-state index contributed by atoms with van der Waals surface area (Å²) >= 11 is 0. The number of urea groups is 1. The predicted molar refractivity (Wildman–Crippen MR) is 76.5 cm³/mol. The molecule has 1 aliphatic heterocycles. The molecule has 118 valence electrons. The highest BCUT2D eigenvalue weighted by Crippen LogP contribution is 2.32. The fourth-order valence-corrected chi connectivity index (χ4v) is 2.99. The van der Waals surface area contributed by atoms with Crippen molar-refractivity contribution in [3.8, 4) is 0 Å². The summed E-state index contributed by atoms with van der Waals surface area (Å²) in [6.45, 7) is 4.94. The lowest BCUT2D eigenvalue weighted by atomic mass is 9.90. The molecule has 0 bridgehead atoms. The van der Waals surface area contributed by atoms with Crippen molar-refractivity contribution in [1.29, 1.82) is 0 Å². The average molecular weight is 296 g/mol. The fraction of sp³-hybridized carbons (Fsp3) is 0.800. The Morgan fingerprint density at radius 2 is 1.76 bits per heavy atom. The van der Waals surface area contributed by atoms with Gasteiger partial charge in [-0.1, -0.05) is 25.7 Å². The van der Waals surface area contributed by atoms with Crippen LogP contribution in [-0.4, -0.2) is 40.5 Å². The van der Waals surface area contributed by atoms with Gasteiger partial charge in [0.15, 0.2) is 0 Å². The van der Waals surface area contributed by atoms with Gasteiger partial charge in [0.25, 0.3) is 5.91 Å². The summed E-state index contributed by atoms with van der Waals surface area (Å²) in [5.74, 6) is -0.836. The van der Waals surface area contributed by atoms with Crippen molar-refractivity contribution >= 4 is 17.9 Å². The number of nitrogens with zero attached hydrogens (tertiary/aromatic N) is 1. The molecule has 0 aromatic carbocycles. The van der Waals surface area contributed by atoms with Gasteiger partial charge in [0.1, 0.15) is 17.7 Å². The Labute approximate surface area is 125 Å². The predicted octanol–water partition coefficient (Wildman–Crippen LogP) is 1.97. The second-order valence-electron chi connectivity index (χ2n) is 6.90. The summed E-state index contributed by atoms with van der Waals surface area (Å²) in [4.78, 5) is 37.5. The first-order valence-electron chi connectivity index (χ1n) is 7.59. The summed E-state index contributed by atoms with van der Waals surface area (Å²) < 4.78 is 5.18. The van der Waals surface area contributed by atoms with Gasteiger partial charge in [0.2, 0.25) is 0 Å². The Balaban J connectivity index is 2.06. The van der Waals surface area contributed by atoms with Crippen LogP contribution >= 0.6 is 0 Å². The Hall–Kier alpha value is -1.59. The highest BCUT2D eigenvalue weighted by molar-refractivity contribution is 6.08. The van der Waals surface area contributed by atoms with Crippen LogP contribution in [0.3, 0.4) is 0 Å². The number of ether oxygens (including phenoxy) is 1. The molecular formula is C15H24N2O4. The van der Waals surface area contributed by atoms with E-state index in [9.17, 15) is 14.4 Å². The molecule has 2 aliphatic rings. The first-order valence-corrected chi connectivity index (χ1v) is 7.59. The minimum absolute atomic E-state index is 0.278. The molecule has 0 atom stereocenters. The molecule has 1 spiro atoms. The number of hydrogen-bond donors (Lipinski definition) is 1. The molecule has 6 nitrogen and oxygen atoms in total. The van der Waals surface area contributed by atoms with Crippen molar-refractivity contribution in [3.63, 3.8) is 0 Å². The monoisotopic (exact) mass is 296 g/mol. The lowest BCUT2D eigenvalue weighted by molar-refractivity contribution is -0.157. The third-order valence-corrected chi connectivity index (χ3v) is 3.91. The van der Waals surface area contributed by atoms with Crippen LogP contribution < -0.4 is 5.32 Å². The number of esters is 1. The maximum atomic E-state index is 12.6. The highest BCUT2D eigenvalue weighted by atomic mass is 16.6. The van der Waals surface area contributed by atoms with Crippen molar-refractivity contribution in [2.45, 2.75) is 70.4 Å². The van der Waals surface area contributed by atoms with Crippen LogP contribution in [-0.2, 0) is 14.3 Å². The van der Waals surface area contributed by atoms with E-state index in [1.807, 2.05) is 0 Å². The second-order valence-corrected chi connectivity index (χ2v) is 6.90.